The fourth-order valence-corrected chi connectivity index (χ4v) is 2.59. The Kier molecular flexibility index (Phi) is 3.64. The lowest BCUT2D eigenvalue weighted by molar-refractivity contribution is 0.0525. The third kappa shape index (κ3) is 2.39. The highest BCUT2D eigenvalue weighted by atomic mass is 16.5. The van der Waals surface area contributed by atoms with E-state index < -0.39 is 0 Å². The number of benzene rings is 1. The molecule has 1 heterocycles. The van der Waals surface area contributed by atoms with Crippen molar-refractivity contribution in [2.75, 3.05) is 12.3 Å². The lowest BCUT2D eigenvalue weighted by Crippen LogP contribution is -2.15. The Bertz CT molecular complexity index is 645. The topological polar surface area (TPSA) is 70.1 Å². The van der Waals surface area contributed by atoms with Gasteiger partial charge in [-0.1, -0.05) is 24.6 Å². The minimum absolute atomic E-state index is 0.316. The van der Waals surface area contributed by atoms with Gasteiger partial charge in [0.25, 0.3) is 0 Å². The SMILES string of the molecule is CCOC(=O)c1c(C2CCC2)nn(-c2ccccc2)c1N. The summed E-state index contributed by atoms with van der Waals surface area (Å²) in [5, 5.41) is 4.60. The summed E-state index contributed by atoms with van der Waals surface area (Å²) >= 11 is 0. The number of carbonyl (C=O) groups is 1. The van der Waals surface area contributed by atoms with E-state index in [2.05, 4.69) is 5.10 Å². The number of carbonyl (C=O) groups excluding carboxylic acids is 1. The van der Waals surface area contributed by atoms with Crippen molar-refractivity contribution in [3.8, 4) is 5.69 Å². The molecule has 2 N–H and O–H groups in total. The van der Waals surface area contributed by atoms with Crippen LogP contribution >= 0.6 is 0 Å². The molecule has 0 atom stereocenters. The predicted molar refractivity (Wildman–Crippen MR) is 80.5 cm³/mol. The van der Waals surface area contributed by atoms with E-state index >= 15 is 0 Å². The van der Waals surface area contributed by atoms with Crippen LogP contribution in [-0.4, -0.2) is 22.4 Å². The molecule has 5 heteroatoms. The van der Waals surface area contributed by atoms with Crippen LogP contribution in [0.3, 0.4) is 0 Å². The molecular weight excluding hydrogens is 266 g/mol. The first kappa shape index (κ1) is 13.7. The molecule has 0 radical (unpaired) electrons. The van der Waals surface area contributed by atoms with Gasteiger partial charge in [-0.05, 0) is 31.9 Å². The Morgan fingerprint density at radius 2 is 2.10 bits per heavy atom. The van der Waals surface area contributed by atoms with Gasteiger partial charge in [-0.3, -0.25) is 0 Å². The first-order valence-electron chi connectivity index (χ1n) is 7.33. The molecule has 3 rings (SSSR count). The predicted octanol–water partition coefficient (Wildman–Crippen LogP) is 2.90. The summed E-state index contributed by atoms with van der Waals surface area (Å²) in [7, 11) is 0. The molecule has 0 saturated heterocycles. The molecule has 1 saturated carbocycles. The third-order valence-corrected chi connectivity index (χ3v) is 3.92. The number of hydrogen-bond acceptors (Lipinski definition) is 4. The second kappa shape index (κ2) is 5.60. The van der Waals surface area contributed by atoms with Gasteiger partial charge in [0.05, 0.1) is 18.0 Å². The third-order valence-electron chi connectivity index (χ3n) is 3.92. The number of nitrogen functional groups attached to an aromatic ring is 1. The highest BCUT2D eigenvalue weighted by molar-refractivity contribution is 5.96. The van der Waals surface area contributed by atoms with E-state index in [0.717, 1.165) is 24.2 Å². The minimum Gasteiger partial charge on any atom is -0.462 e. The van der Waals surface area contributed by atoms with Crippen molar-refractivity contribution in [1.29, 1.82) is 0 Å². The molecule has 0 unspecified atom stereocenters. The highest BCUT2D eigenvalue weighted by Gasteiger charge is 2.32. The molecule has 2 aromatic rings. The van der Waals surface area contributed by atoms with E-state index in [0.29, 0.717) is 23.9 Å². The quantitative estimate of drug-likeness (QED) is 0.877. The Labute approximate surface area is 123 Å². The summed E-state index contributed by atoms with van der Waals surface area (Å²) in [5.41, 5.74) is 8.25. The fourth-order valence-electron chi connectivity index (χ4n) is 2.59. The maximum atomic E-state index is 12.2. The monoisotopic (exact) mass is 285 g/mol. The van der Waals surface area contributed by atoms with Crippen LogP contribution in [0, 0.1) is 0 Å². The van der Waals surface area contributed by atoms with Crippen molar-refractivity contribution in [3.63, 3.8) is 0 Å². The van der Waals surface area contributed by atoms with E-state index in [-0.39, 0.29) is 5.97 Å². The molecule has 1 aromatic heterocycles. The molecule has 5 nitrogen and oxygen atoms in total. The number of esters is 1. The van der Waals surface area contributed by atoms with Crippen molar-refractivity contribution in [2.24, 2.45) is 0 Å². The number of ether oxygens (including phenoxy) is 1. The molecule has 1 aliphatic carbocycles. The van der Waals surface area contributed by atoms with E-state index in [1.165, 1.54) is 6.42 Å². The van der Waals surface area contributed by atoms with Gasteiger partial charge in [0, 0.05) is 5.92 Å². The van der Waals surface area contributed by atoms with Crippen molar-refractivity contribution in [2.45, 2.75) is 32.1 Å². The molecule has 0 amide bonds. The van der Waals surface area contributed by atoms with E-state index in [9.17, 15) is 4.79 Å². The molecule has 1 aliphatic rings. The maximum absolute atomic E-state index is 12.2. The number of aromatic nitrogens is 2. The molecule has 21 heavy (non-hydrogen) atoms. The van der Waals surface area contributed by atoms with Crippen LogP contribution < -0.4 is 5.73 Å². The number of anilines is 1. The Morgan fingerprint density at radius 1 is 1.38 bits per heavy atom. The van der Waals surface area contributed by atoms with Gasteiger partial charge in [0.1, 0.15) is 11.4 Å². The van der Waals surface area contributed by atoms with Crippen LogP contribution in [0.25, 0.3) is 5.69 Å². The minimum atomic E-state index is -0.376. The molecule has 0 aliphatic heterocycles. The summed E-state index contributed by atoms with van der Waals surface area (Å²) in [4.78, 5) is 12.2. The first-order chi connectivity index (χ1) is 10.2. The van der Waals surface area contributed by atoms with Crippen molar-refractivity contribution in [3.05, 3.63) is 41.6 Å². The number of rotatable bonds is 4. The number of hydrogen-bond donors (Lipinski definition) is 1. The second-order valence-electron chi connectivity index (χ2n) is 5.24. The lowest BCUT2D eigenvalue weighted by atomic mass is 9.81. The first-order valence-corrected chi connectivity index (χ1v) is 7.33. The number of para-hydroxylation sites is 1. The maximum Gasteiger partial charge on any atom is 0.343 e. The summed E-state index contributed by atoms with van der Waals surface area (Å²) in [6.45, 7) is 2.12. The fraction of sp³-hybridized carbons (Fsp3) is 0.375. The van der Waals surface area contributed by atoms with Gasteiger partial charge in [0.15, 0.2) is 0 Å². The summed E-state index contributed by atoms with van der Waals surface area (Å²) in [6.07, 6.45) is 3.28. The van der Waals surface area contributed by atoms with Crippen LogP contribution in [0.4, 0.5) is 5.82 Å². The summed E-state index contributed by atoms with van der Waals surface area (Å²) < 4.78 is 6.78. The summed E-state index contributed by atoms with van der Waals surface area (Å²) in [6, 6.07) is 9.61. The van der Waals surface area contributed by atoms with Gasteiger partial charge in [-0.2, -0.15) is 5.10 Å². The van der Waals surface area contributed by atoms with E-state index in [1.807, 2.05) is 30.3 Å². The Hall–Kier alpha value is -2.30. The van der Waals surface area contributed by atoms with Gasteiger partial charge in [-0.15, -0.1) is 0 Å². The van der Waals surface area contributed by atoms with E-state index in [4.69, 9.17) is 10.5 Å². The molecule has 0 spiro atoms. The van der Waals surface area contributed by atoms with Crippen LogP contribution in [0.5, 0.6) is 0 Å². The van der Waals surface area contributed by atoms with Crippen LogP contribution in [-0.2, 0) is 4.74 Å². The standard InChI is InChI=1S/C16H19N3O2/c1-2-21-16(20)13-14(11-7-6-8-11)18-19(15(13)17)12-9-4-3-5-10-12/h3-5,9-11H,2,6-8,17H2,1H3. The van der Waals surface area contributed by atoms with Gasteiger partial charge < -0.3 is 10.5 Å². The summed E-state index contributed by atoms with van der Waals surface area (Å²) in [5.74, 6) is 0.303. The van der Waals surface area contributed by atoms with Gasteiger partial charge in [-0.25, -0.2) is 9.48 Å². The average molecular weight is 285 g/mol. The van der Waals surface area contributed by atoms with Crippen molar-refractivity contribution < 1.29 is 9.53 Å². The second-order valence-corrected chi connectivity index (χ2v) is 5.24. The van der Waals surface area contributed by atoms with Crippen LogP contribution in [0.2, 0.25) is 0 Å². The Balaban J connectivity index is 2.08. The zero-order chi connectivity index (χ0) is 14.8. The number of nitrogens with two attached hydrogens (primary N) is 1. The average Bonchev–Trinajstić information content (AvgIpc) is 2.75. The molecule has 1 fully saturated rings. The zero-order valence-electron chi connectivity index (χ0n) is 12.1. The van der Waals surface area contributed by atoms with Crippen LogP contribution in [0.1, 0.15) is 48.2 Å². The Morgan fingerprint density at radius 3 is 2.67 bits per heavy atom. The molecule has 110 valence electrons. The normalized spacial score (nSPS) is 14.7. The van der Waals surface area contributed by atoms with E-state index in [1.54, 1.807) is 11.6 Å². The largest absolute Gasteiger partial charge is 0.462 e. The molecule has 1 aromatic carbocycles. The van der Waals surface area contributed by atoms with Gasteiger partial charge in [0.2, 0.25) is 0 Å². The van der Waals surface area contributed by atoms with Gasteiger partial charge >= 0.3 is 5.97 Å². The van der Waals surface area contributed by atoms with Crippen molar-refractivity contribution in [1.82, 2.24) is 9.78 Å². The zero-order valence-corrected chi connectivity index (χ0v) is 12.1. The molecular formula is C16H19N3O2. The smallest absolute Gasteiger partial charge is 0.343 e. The van der Waals surface area contributed by atoms with Crippen LogP contribution in [0.15, 0.2) is 30.3 Å². The molecule has 0 bridgehead atoms. The highest BCUT2D eigenvalue weighted by Crippen LogP contribution is 2.39. The lowest BCUT2D eigenvalue weighted by Gasteiger charge is -2.24. The van der Waals surface area contributed by atoms with Crippen molar-refractivity contribution >= 4 is 11.8 Å². The number of nitrogens with zero attached hydrogens (tertiary/aromatic N) is 2.